The van der Waals surface area contributed by atoms with Crippen molar-refractivity contribution in [2.75, 3.05) is 7.11 Å². The number of rotatable bonds is 2. The number of alkyl carbamates (subject to hydrolysis) is 1. The van der Waals surface area contributed by atoms with Gasteiger partial charge in [0.15, 0.2) is 0 Å². The number of amides is 1. The number of carbonyl (C=O) groups excluding carboxylic acids is 2. The van der Waals surface area contributed by atoms with Crippen LogP contribution in [-0.2, 0) is 14.3 Å². The second kappa shape index (κ2) is 6.23. The molecule has 0 saturated heterocycles. The first-order valence-electron chi connectivity index (χ1n) is 6.48. The highest BCUT2D eigenvalue weighted by molar-refractivity contribution is 5.75. The summed E-state index contributed by atoms with van der Waals surface area (Å²) in [6.45, 7) is 5.29. The Hall–Kier alpha value is -1.30. The van der Waals surface area contributed by atoms with E-state index in [4.69, 9.17) is 9.47 Å². The van der Waals surface area contributed by atoms with Gasteiger partial charge in [-0.25, -0.2) is 4.79 Å². The highest BCUT2D eigenvalue weighted by atomic mass is 16.6. The molecule has 0 unspecified atom stereocenters. The van der Waals surface area contributed by atoms with Gasteiger partial charge in [0.1, 0.15) is 5.60 Å². The lowest BCUT2D eigenvalue weighted by Crippen LogP contribution is -2.49. The maximum atomic E-state index is 11.7. The second-order valence-corrected chi connectivity index (χ2v) is 5.85. The van der Waals surface area contributed by atoms with Crippen LogP contribution in [-0.4, -0.2) is 42.0 Å². The van der Waals surface area contributed by atoms with Crippen LogP contribution >= 0.6 is 0 Å². The van der Waals surface area contributed by atoms with Gasteiger partial charge in [0.25, 0.3) is 0 Å². The molecule has 1 amide bonds. The van der Waals surface area contributed by atoms with Gasteiger partial charge >= 0.3 is 12.1 Å². The standard InChI is InChI=1S/C13H23NO5/c1-13(2,3)19-12(17)14-10-7-8(15)5-6-9(10)11(16)18-4/h8-10,15H,5-7H2,1-4H3,(H,14,17)/t8-,9+,10-/m0/s1. The van der Waals surface area contributed by atoms with Crippen LogP contribution in [0, 0.1) is 5.92 Å². The number of ether oxygens (including phenoxy) is 2. The minimum absolute atomic E-state index is 0.332. The van der Waals surface area contributed by atoms with Crippen LogP contribution in [0.4, 0.5) is 4.79 Å². The molecule has 1 saturated carbocycles. The summed E-state index contributed by atoms with van der Waals surface area (Å²) in [6, 6.07) is -0.453. The van der Waals surface area contributed by atoms with Crippen molar-refractivity contribution in [3.8, 4) is 0 Å². The summed E-state index contributed by atoms with van der Waals surface area (Å²) < 4.78 is 9.88. The Morgan fingerprint density at radius 1 is 1.26 bits per heavy atom. The molecule has 6 heteroatoms. The third-order valence-corrected chi connectivity index (χ3v) is 3.03. The Morgan fingerprint density at radius 2 is 1.89 bits per heavy atom. The van der Waals surface area contributed by atoms with Crippen LogP contribution in [0.15, 0.2) is 0 Å². The van der Waals surface area contributed by atoms with Crippen LogP contribution < -0.4 is 5.32 Å². The fourth-order valence-electron chi connectivity index (χ4n) is 2.20. The number of esters is 1. The zero-order valence-corrected chi connectivity index (χ0v) is 11.9. The van der Waals surface area contributed by atoms with E-state index in [0.29, 0.717) is 19.3 Å². The summed E-state index contributed by atoms with van der Waals surface area (Å²) in [5.74, 6) is -0.797. The molecule has 110 valence electrons. The van der Waals surface area contributed by atoms with Gasteiger partial charge in [-0.3, -0.25) is 4.79 Å². The summed E-state index contributed by atoms with van der Waals surface area (Å²) >= 11 is 0. The first kappa shape index (κ1) is 15.8. The first-order chi connectivity index (χ1) is 8.73. The Bertz CT molecular complexity index is 336. The van der Waals surface area contributed by atoms with Crippen molar-refractivity contribution in [1.82, 2.24) is 5.32 Å². The first-order valence-corrected chi connectivity index (χ1v) is 6.48. The SMILES string of the molecule is COC(=O)[C@@H]1CC[C@H](O)C[C@@H]1NC(=O)OC(C)(C)C. The number of aliphatic hydroxyl groups is 1. The van der Waals surface area contributed by atoms with Crippen LogP contribution in [0.2, 0.25) is 0 Å². The average molecular weight is 273 g/mol. The molecule has 1 aliphatic rings. The fourth-order valence-corrected chi connectivity index (χ4v) is 2.20. The van der Waals surface area contributed by atoms with Crippen molar-refractivity contribution in [2.24, 2.45) is 5.92 Å². The second-order valence-electron chi connectivity index (χ2n) is 5.85. The molecule has 0 aromatic rings. The molecule has 0 heterocycles. The molecule has 0 radical (unpaired) electrons. The van der Waals surface area contributed by atoms with Crippen molar-refractivity contribution in [3.63, 3.8) is 0 Å². The summed E-state index contributed by atoms with van der Waals surface area (Å²) in [7, 11) is 1.32. The van der Waals surface area contributed by atoms with Crippen LogP contribution in [0.1, 0.15) is 40.0 Å². The monoisotopic (exact) mass is 273 g/mol. The minimum atomic E-state index is -0.599. The van der Waals surface area contributed by atoms with Gasteiger partial charge in [0.05, 0.1) is 19.1 Å². The van der Waals surface area contributed by atoms with Gasteiger partial charge in [-0.2, -0.15) is 0 Å². The fraction of sp³-hybridized carbons (Fsp3) is 0.846. The Kier molecular flexibility index (Phi) is 5.17. The highest BCUT2D eigenvalue weighted by Crippen LogP contribution is 2.26. The minimum Gasteiger partial charge on any atom is -0.469 e. The maximum Gasteiger partial charge on any atom is 0.407 e. The van der Waals surface area contributed by atoms with E-state index in [9.17, 15) is 14.7 Å². The summed E-state index contributed by atoms with van der Waals surface area (Å²) in [5, 5.41) is 12.3. The summed E-state index contributed by atoms with van der Waals surface area (Å²) in [5.41, 5.74) is -0.599. The normalized spacial score (nSPS) is 27.5. The Balaban J connectivity index is 2.65. The van der Waals surface area contributed by atoms with Gasteiger partial charge < -0.3 is 19.9 Å². The van der Waals surface area contributed by atoms with E-state index in [1.807, 2.05) is 0 Å². The lowest BCUT2D eigenvalue weighted by Gasteiger charge is -2.33. The van der Waals surface area contributed by atoms with Crippen molar-refractivity contribution in [1.29, 1.82) is 0 Å². The third kappa shape index (κ3) is 5.06. The van der Waals surface area contributed by atoms with Crippen LogP contribution in [0.25, 0.3) is 0 Å². The molecule has 19 heavy (non-hydrogen) atoms. The third-order valence-electron chi connectivity index (χ3n) is 3.03. The summed E-state index contributed by atoms with van der Waals surface area (Å²) in [6.07, 6.45) is 0.265. The van der Waals surface area contributed by atoms with E-state index < -0.39 is 29.8 Å². The molecule has 6 nitrogen and oxygen atoms in total. The Labute approximate surface area is 113 Å². The number of methoxy groups -OCH3 is 1. The zero-order valence-electron chi connectivity index (χ0n) is 11.9. The number of aliphatic hydroxyl groups excluding tert-OH is 1. The predicted octanol–water partition coefficient (Wildman–Crippen LogP) is 1.21. The molecule has 0 aromatic carbocycles. The predicted molar refractivity (Wildman–Crippen MR) is 68.5 cm³/mol. The number of carbonyl (C=O) groups is 2. The molecule has 0 spiro atoms. The zero-order chi connectivity index (χ0) is 14.6. The Morgan fingerprint density at radius 3 is 2.42 bits per heavy atom. The summed E-state index contributed by atoms with van der Waals surface area (Å²) in [4.78, 5) is 23.4. The van der Waals surface area contributed by atoms with Crippen LogP contribution in [0.5, 0.6) is 0 Å². The van der Waals surface area contributed by atoms with Gasteiger partial charge in [-0.1, -0.05) is 0 Å². The number of nitrogens with one attached hydrogen (secondary N) is 1. The molecule has 1 rings (SSSR count). The molecular formula is C13H23NO5. The van der Waals surface area contributed by atoms with Gasteiger partial charge in [0.2, 0.25) is 0 Å². The van der Waals surface area contributed by atoms with Gasteiger partial charge in [-0.15, -0.1) is 0 Å². The van der Waals surface area contributed by atoms with E-state index in [1.165, 1.54) is 7.11 Å². The van der Waals surface area contributed by atoms with Gasteiger partial charge in [0, 0.05) is 6.04 Å². The quantitative estimate of drug-likeness (QED) is 0.739. The number of hydrogen-bond acceptors (Lipinski definition) is 5. The molecule has 3 atom stereocenters. The van der Waals surface area contributed by atoms with E-state index in [0.717, 1.165) is 0 Å². The van der Waals surface area contributed by atoms with Crippen molar-refractivity contribution < 1.29 is 24.2 Å². The molecule has 2 N–H and O–H groups in total. The largest absolute Gasteiger partial charge is 0.469 e. The van der Waals surface area contributed by atoms with Crippen molar-refractivity contribution >= 4 is 12.1 Å². The van der Waals surface area contributed by atoms with Gasteiger partial charge in [-0.05, 0) is 40.0 Å². The molecular weight excluding hydrogens is 250 g/mol. The van der Waals surface area contributed by atoms with Crippen molar-refractivity contribution in [3.05, 3.63) is 0 Å². The van der Waals surface area contributed by atoms with E-state index >= 15 is 0 Å². The lowest BCUT2D eigenvalue weighted by molar-refractivity contribution is -0.148. The lowest BCUT2D eigenvalue weighted by atomic mass is 9.83. The van der Waals surface area contributed by atoms with E-state index in [1.54, 1.807) is 20.8 Å². The van der Waals surface area contributed by atoms with E-state index in [2.05, 4.69) is 5.32 Å². The van der Waals surface area contributed by atoms with E-state index in [-0.39, 0.29) is 5.97 Å². The van der Waals surface area contributed by atoms with Crippen molar-refractivity contribution in [2.45, 2.75) is 57.8 Å². The molecule has 0 aliphatic heterocycles. The average Bonchev–Trinajstić information content (AvgIpc) is 2.25. The molecule has 1 fully saturated rings. The molecule has 0 bridgehead atoms. The molecule has 1 aliphatic carbocycles. The van der Waals surface area contributed by atoms with Crippen LogP contribution in [0.3, 0.4) is 0 Å². The highest BCUT2D eigenvalue weighted by Gasteiger charge is 2.36. The smallest absolute Gasteiger partial charge is 0.407 e. The number of hydrogen-bond donors (Lipinski definition) is 2. The topological polar surface area (TPSA) is 84.9 Å². The molecule has 0 aromatic heterocycles. The maximum absolute atomic E-state index is 11.7.